The Morgan fingerprint density at radius 2 is 1.74 bits per heavy atom. The van der Waals surface area contributed by atoms with Crippen molar-refractivity contribution in [3.63, 3.8) is 0 Å². The Bertz CT molecular complexity index is 1080. The van der Waals surface area contributed by atoms with Gasteiger partial charge in [0.2, 0.25) is 11.8 Å². The van der Waals surface area contributed by atoms with Crippen molar-refractivity contribution in [1.29, 1.82) is 0 Å². The molecule has 2 heterocycles. The van der Waals surface area contributed by atoms with Gasteiger partial charge in [0.15, 0.2) is 0 Å². The molecule has 3 aromatic rings. The zero-order chi connectivity index (χ0) is 22.4. The first-order valence-corrected chi connectivity index (χ1v) is 9.68. The molecule has 1 aliphatic rings. The van der Waals surface area contributed by atoms with Crippen molar-refractivity contribution in [2.75, 3.05) is 20.1 Å². The lowest BCUT2D eigenvalue weighted by molar-refractivity contribution is -0.274. The molecule has 0 saturated carbocycles. The van der Waals surface area contributed by atoms with Gasteiger partial charge in [-0.05, 0) is 42.4 Å². The van der Waals surface area contributed by atoms with Gasteiger partial charge in [-0.1, -0.05) is 31.2 Å². The third-order valence-electron chi connectivity index (χ3n) is 5.67. The number of hydrogen-bond donors (Lipinski definition) is 1. The van der Waals surface area contributed by atoms with Crippen LogP contribution in [0.4, 0.5) is 13.2 Å². The lowest BCUT2D eigenvalue weighted by Crippen LogP contribution is -2.63. The van der Waals surface area contributed by atoms with Crippen LogP contribution in [-0.2, 0) is 5.60 Å². The van der Waals surface area contributed by atoms with Crippen LogP contribution in [-0.4, -0.2) is 46.7 Å². The Morgan fingerprint density at radius 1 is 1.06 bits per heavy atom. The molecule has 1 fully saturated rings. The van der Waals surface area contributed by atoms with Gasteiger partial charge in [-0.2, -0.15) is 0 Å². The molecule has 164 valence electrons. The molecular formula is C22H22F3N3O3. The van der Waals surface area contributed by atoms with E-state index in [1.54, 1.807) is 31.2 Å². The molecule has 1 saturated heterocycles. The minimum absolute atomic E-state index is 0.325. The third-order valence-corrected chi connectivity index (χ3v) is 5.67. The summed E-state index contributed by atoms with van der Waals surface area (Å²) in [6.45, 7) is 4.85. The van der Waals surface area contributed by atoms with Crippen LogP contribution in [0.15, 0.2) is 52.9 Å². The molecule has 1 aliphatic heterocycles. The van der Waals surface area contributed by atoms with Gasteiger partial charge >= 0.3 is 6.36 Å². The van der Waals surface area contributed by atoms with E-state index in [1.807, 2.05) is 14.0 Å². The summed E-state index contributed by atoms with van der Waals surface area (Å²) in [6.07, 6.45) is -4.78. The Balaban J connectivity index is 1.78. The SMILES string of the molecule is Cc1nnc(-c2cccc([C@@](O)(c3ccc(OC(F)(F)F)cc3)C3(C)CN(C)C3)c2)o1. The Labute approximate surface area is 177 Å². The average molecular weight is 433 g/mol. The molecule has 0 unspecified atom stereocenters. The number of hydrogen-bond acceptors (Lipinski definition) is 6. The molecule has 9 heteroatoms. The first-order chi connectivity index (χ1) is 14.5. The van der Waals surface area contributed by atoms with Gasteiger partial charge in [0, 0.05) is 31.0 Å². The van der Waals surface area contributed by atoms with Crippen molar-refractivity contribution in [1.82, 2.24) is 15.1 Å². The quantitative estimate of drug-likeness (QED) is 0.653. The van der Waals surface area contributed by atoms with Crippen LogP contribution in [0.5, 0.6) is 5.75 Å². The summed E-state index contributed by atoms with van der Waals surface area (Å²) in [5, 5.41) is 20.0. The fraction of sp³-hybridized carbons (Fsp3) is 0.364. The number of rotatable bonds is 5. The molecule has 0 amide bonds. The number of aliphatic hydroxyl groups is 1. The number of benzene rings is 2. The molecule has 0 radical (unpaired) electrons. The van der Waals surface area contributed by atoms with Crippen molar-refractivity contribution in [2.24, 2.45) is 5.41 Å². The van der Waals surface area contributed by atoms with E-state index in [2.05, 4.69) is 19.8 Å². The fourth-order valence-electron chi connectivity index (χ4n) is 4.43. The van der Waals surface area contributed by atoms with Crippen LogP contribution >= 0.6 is 0 Å². The van der Waals surface area contributed by atoms with E-state index in [0.29, 0.717) is 41.6 Å². The van der Waals surface area contributed by atoms with Gasteiger partial charge < -0.3 is 19.2 Å². The van der Waals surface area contributed by atoms with Crippen LogP contribution in [0.2, 0.25) is 0 Å². The first kappa shape index (κ1) is 21.3. The average Bonchev–Trinajstić information content (AvgIpc) is 3.12. The molecule has 1 N–H and O–H groups in total. The minimum atomic E-state index is -4.78. The zero-order valence-corrected chi connectivity index (χ0v) is 17.3. The van der Waals surface area contributed by atoms with Crippen molar-refractivity contribution < 1.29 is 27.4 Å². The van der Waals surface area contributed by atoms with E-state index in [4.69, 9.17) is 4.42 Å². The highest BCUT2D eigenvalue weighted by Gasteiger charge is 2.55. The highest BCUT2D eigenvalue weighted by atomic mass is 19.4. The normalized spacial score (nSPS) is 18.3. The molecular weight excluding hydrogens is 411 g/mol. The standard InChI is InChI=1S/C22H22F3N3O3/c1-14-26-27-19(30-14)15-5-4-6-17(11-15)21(29,20(2)12-28(3)13-20)16-7-9-18(10-8-16)31-22(23,24)25/h4-11,29H,12-13H2,1-3H3/t21-/m0/s1. The first-order valence-electron chi connectivity index (χ1n) is 9.68. The topological polar surface area (TPSA) is 71.6 Å². The Kier molecular flexibility index (Phi) is 5.06. The lowest BCUT2D eigenvalue weighted by atomic mass is 9.62. The Hall–Kier alpha value is -2.91. The number of nitrogens with zero attached hydrogens (tertiary/aromatic N) is 3. The summed E-state index contributed by atoms with van der Waals surface area (Å²) in [5.74, 6) is 0.402. The van der Waals surface area contributed by atoms with Gasteiger partial charge in [-0.3, -0.25) is 0 Å². The number of likely N-dealkylation sites (tertiary alicyclic amines) is 1. The lowest BCUT2D eigenvalue weighted by Gasteiger charge is -2.56. The number of aryl methyl sites for hydroxylation is 1. The maximum absolute atomic E-state index is 12.5. The molecule has 0 aliphatic carbocycles. The number of halogens is 3. The largest absolute Gasteiger partial charge is 0.573 e. The van der Waals surface area contributed by atoms with E-state index in [0.717, 1.165) is 0 Å². The van der Waals surface area contributed by atoms with Crippen molar-refractivity contribution in [3.05, 3.63) is 65.5 Å². The number of aromatic nitrogens is 2. The van der Waals surface area contributed by atoms with Gasteiger partial charge in [0.05, 0.1) is 0 Å². The van der Waals surface area contributed by atoms with Crippen LogP contribution < -0.4 is 4.74 Å². The summed E-state index contributed by atoms with van der Waals surface area (Å²) in [4.78, 5) is 2.07. The predicted octanol–water partition coefficient (Wildman–Crippen LogP) is 4.13. The highest BCUT2D eigenvalue weighted by Crippen LogP contribution is 2.50. The maximum Gasteiger partial charge on any atom is 0.573 e. The number of ether oxygens (including phenoxy) is 1. The van der Waals surface area contributed by atoms with Crippen molar-refractivity contribution >= 4 is 0 Å². The van der Waals surface area contributed by atoms with E-state index < -0.39 is 17.4 Å². The molecule has 0 bridgehead atoms. The second-order valence-corrected chi connectivity index (χ2v) is 8.22. The second kappa shape index (κ2) is 7.35. The molecule has 31 heavy (non-hydrogen) atoms. The van der Waals surface area contributed by atoms with Gasteiger partial charge in [-0.15, -0.1) is 23.4 Å². The van der Waals surface area contributed by atoms with Gasteiger partial charge in [0.25, 0.3) is 0 Å². The van der Waals surface area contributed by atoms with Crippen molar-refractivity contribution in [3.8, 4) is 17.2 Å². The molecule has 1 aromatic heterocycles. The van der Waals surface area contributed by atoms with Crippen LogP contribution in [0, 0.1) is 12.3 Å². The molecule has 6 nitrogen and oxygen atoms in total. The fourth-order valence-corrected chi connectivity index (χ4v) is 4.43. The third kappa shape index (κ3) is 3.90. The summed E-state index contributed by atoms with van der Waals surface area (Å²) in [6, 6.07) is 12.5. The maximum atomic E-state index is 12.5. The smallest absolute Gasteiger partial charge is 0.421 e. The molecule has 2 aromatic carbocycles. The molecule has 0 spiro atoms. The van der Waals surface area contributed by atoms with Crippen LogP contribution in [0.1, 0.15) is 23.9 Å². The van der Waals surface area contributed by atoms with Crippen LogP contribution in [0.3, 0.4) is 0 Å². The van der Waals surface area contributed by atoms with Crippen LogP contribution in [0.25, 0.3) is 11.5 Å². The minimum Gasteiger partial charge on any atom is -0.421 e. The Morgan fingerprint density at radius 3 is 2.29 bits per heavy atom. The summed E-state index contributed by atoms with van der Waals surface area (Å²) >= 11 is 0. The number of alkyl halides is 3. The van der Waals surface area contributed by atoms with Gasteiger partial charge in [-0.25, -0.2) is 0 Å². The summed E-state index contributed by atoms with van der Waals surface area (Å²) < 4.78 is 47.1. The van der Waals surface area contributed by atoms with E-state index in [1.165, 1.54) is 24.3 Å². The van der Waals surface area contributed by atoms with E-state index >= 15 is 0 Å². The second-order valence-electron chi connectivity index (χ2n) is 8.22. The summed E-state index contributed by atoms with van der Waals surface area (Å²) in [7, 11) is 1.94. The molecule has 1 atom stereocenters. The van der Waals surface area contributed by atoms with Gasteiger partial charge in [0.1, 0.15) is 11.4 Å². The van der Waals surface area contributed by atoms with Crippen molar-refractivity contribution in [2.45, 2.75) is 25.8 Å². The highest BCUT2D eigenvalue weighted by molar-refractivity contribution is 5.56. The van der Waals surface area contributed by atoms with E-state index in [-0.39, 0.29) is 5.75 Å². The van der Waals surface area contributed by atoms with E-state index in [9.17, 15) is 18.3 Å². The summed E-state index contributed by atoms with van der Waals surface area (Å²) in [5.41, 5.74) is -0.346. The molecule has 4 rings (SSSR count). The monoisotopic (exact) mass is 433 g/mol. The zero-order valence-electron chi connectivity index (χ0n) is 17.3. The predicted molar refractivity (Wildman–Crippen MR) is 106 cm³/mol.